The van der Waals surface area contributed by atoms with E-state index < -0.39 is 61.0 Å². The van der Waals surface area contributed by atoms with Gasteiger partial charge in [0.05, 0.1) is 13.2 Å². The highest BCUT2D eigenvalue weighted by atomic mass is 16.3. The summed E-state index contributed by atoms with van der Waals surface area (Å²) in [7, 11) is 0. The van der Waals surface area contributed by atoms with Crippen molar-refractivity contribution >= 4 is 23.6 Å². The Balaban J connectivity index is 3.28. The lowest BCUT2D eigenvalue weighted by Gasteiger charge is -2.31. The maximum atomic E-state index is 12.7. The molecule has 0 aliphatic carbocycles. The lowest BCUT2D eigenvalue weighted by molar-refractivity contribution is -0.139. The van der Waals surface area contributed by atoms with Crippen LogP contribution in [0.3, 0.4) is 0 Å². The maximum absolute atomic E-state index is 12.7. The van der Waals surface area contributed by atoms with E-state index in [2.05, 4.69) is 21.3 Å². The lowest BCUT2D eigenvalue weighted by atomic mass is 9.96. The Morgan fingerprint density at radius 3 is 1.25 bits per heavy atom. The normalized spacial score (nSPS) is 29.4. The standard InChI is InChI=1S/C18H32N4O6/c1-5-9(3)13-17(27)19-12(8-24)16(26)22-14(10(4)6-2)18(28)20-11(7-23)15(25)21-13/h9-14,23-24H,5-8H2,1-4H3,(H,19,27)(H,20,28)(H,21,25)(H,22,26). The number of carbonyl (C=O) groups is 4. The van der Waals surface area contributed by atoms with E-state index in [1.165, 1.54) is 0 Å². The van der Waals surface area contributed by atoms with E-state index in [9.17, 15) is 29.4 Å². The highest BCUT2D eigenvalue weighted by Crippen LogP contribution is 2.12. The number of rotatable bonds is 6. The molecule has 1 fully saturated rings. The molecule has 0 spiro atoms. The zero-order valence-electron chi connectivity index (χ0n) is 16.8. The van der Waals surface area contributed by atoms with Crippen molar-refractivity contribution in [3.05, 3.63) is 0 Å². The highest BCUT2D eigenvalue weighted by molar-refractivity contribution is 5.97. The molecule has 0 aromatic heterocycles. The van der Waals surface area contributed by atoms with Crippen molar-refractivity contribution < 1.29 is 29.4 Å². The van der Waals surface area contributed by atoms with Gasteiger partial charge < -0.3 is 31.5 Å². The van der Waals surface area contributed by atoms with Gasteiger partial charge in [0.2, 0.25) is 23.6 Å². The lowest BCUT2D eigenvalue weighted by Crippen LogP contribution is -2.64. The molecule has 10 heteroatoms. The first kappa shape index (κ1) is 23.8. The summed E-state index contributed by atoms with van der Waals surface area (Å²) in [5.41, 5.74) is 0. The van der Waals surface area contributed by atoms with Crippen LogP contribution in [-0.2, 0) is 19.2 Å². The summed E-state index contributed by atoms with van der Waals surface area (Å²) in [6, 6.07) is -4.50. The summed E-state index contributed by atoms with van der Waals surface area (Å²) in [5, 5.41) is 29.0. The predicted octanol–water partition coefficient (Wildman–Crippen LogP) is -1.98. The minimum atomic E-state index is -1.26. The van der Waals surface area contributed by atoms with Gasteiger partial charge >= 0.3 is 0 Å². The van der Waals surface area contributed by atoms with Crippen molar-refractivity contribution in [3.63, 3.8) is 0 Å². The van der Waals surface area contributed by atoms with Crippen LogP contribution in [0.5, 0.6) is 0 Å². The van der Waals surface area contributed by atoms with E-state index >= 15 is 0 Å². The topological polar surface area (TPSA) is 157 Å². The summed E-state index contributed by atoms with van der Waals surface area (Å²) in [4.78, 5) is 50.4. The van der Waals surface area contributed by atoms with Crippen LogP contribution in [0.2, 0.25) is 0 Å². The number of hydrogen-bond acceptors (Lipinski definition) is 6. The summed E-state index contributed by atoms with van der Waals surface area (Å²) in [5.74, 6) is -3.21. The number of amides is 4. The molecule has 1 aliphatic rings. The molecule has 0 aromatic carbocycles. The quantitative estimate of drug-likeness (QED) is 0.303. The number of aliphatic hydroxyl groups excluding tert-OH is 2. The van der Waals surface area contributed by atoms with Crippen molar-refractivity contribution in [2.45, 2.75) is 64.7 Å². The minimum absolute atomic E-state index is 0.280. The summed E-state index contributed by atoms with van der Waals surface area (Å²) in [6.45, 7) is 5.84. The van der Waals surface area contributed by atoms with Gasteiger partial charge in [0.1, 0.15) is 24.2 Å². The Labute approximate surface area is 164 Å². The van der Waals surface area contributed by atoms with Gasteiger partial charge in [0.15, 0.2) is 0 Å². The maximum Gasteiger partial charge on any atom is 0.245 e. The molecule has 10 nitrogen and oxygen atoms in total. The molecule has 1 rings (SSSR count). The molecule has 4 amide bonds. The molecular weight excluding hydrogens is 368 g/mol. The summed E-state index contributed by atoms with van der Waals surface area (Å²) in [6.07, 6.45) is 1.11. The van der Waals surface area contributed by atoms with Crippen LogP contribution >= 0.6 is 0 Å². The van der Waals surface area contributed by atoms with Crippen LogP contribution < -0.4 is 21.3 Å². The van der Waals surface area contributed by atoms with Crippen LogP contribution in [0.1, 0.15) is 40.5 Å². The second kappa shape index (κ2) is 11.0. The zero-order valence-corrected chi connectivity index (χ0v) is 16.8. The molecule has 0 bridgehead atoms. The average Bonchev–Trinajstić information content (AvgIpc) is 2.69. The van der Waals surface area contributed by atoms with Crippen LogP contribution in [0.4, 0.5) is 0 Å². The fraction of sp³-hybridized carbons (Fsp3) is 0.778. The molecule has 0 radical (unpaired) electrons. The van der Waals surface area contributed by atoms with Crippen molar-refractivity contribution in [1.82, 2.24) is 21.3 Å². The SMILES string of the molecule is CCC(C)C1NC(=O)C(CO)NC(=O)C(C(C)CC)NC(=O)C(CO)NC1=O. The third-order valence-corrected chi connectivity index (χ3v) is 5.22. The first-order valence-corrected chi connectivity index (χ1v) is 9.63. The molecule has 1 heterocycles. The molecule has 1 aliphatic heterocycles. The fourth-order valence-corrected chi connectivity index (χ4v) is 2.82. The molecular formula is C18H32N4O6. The summed E-state index contributed by atoms with van der Waals surface area (Å²) < 4.78 is 0. The molecule has 6 unspecified atom stereocenters. The Kier molecular flexibility index (Phi) is 9.33. The zero-order chi connectivity index (χ0) is 21.4. The first-order valence-electron chi connectivity index (χ1n) is 9.63. The van der Waals surface area contributed by atoms with Crippen LogP contribution in [0.25, 0.3) is 0 Å². The Morgan fingerprint density at radius 1 is 0.679 bits per heavy atom. The average molecular weight is 400 g/mol. The minimum Gasteiger partial charge on any atom is -0.394 e. The fourth-order valence-electron chi connectivity index (χ4n) is 2.82. The van der Waals surface area contributed by atoms with Gasteiger partial charge in [0.25, 0.3) is 0 Å². The van der Waals surface area contributed by atoms with E-state index in [0.29, 0.717) is 12.8 Å². The second-order valence-electron chi connectivity index (χ2n) is 7.23. The van der Waals surface area contributed by atoms with Gasteiger partial charge in [-0.15, -0.1) is 0 Å². The van der Waals surface area contributed by atoms with E-state index in [1.807, 2.05) is 13.8 Å². The first-order chi connectivity index (χ1) is 13.2. The van der Waals surface area contributed by atoms with E-state index in [4.69, 9.17) is 0 Å². The molecule has 6 N–H and O–H groups in total. The van der Waals surface area contributed by atoms with Gasteiger partial charge in [-0.2, -0.15) is 0 Å². The molecule has 1 saturated heterocycles. The molecule has 6 atom stereocenters. The number of carbonyl (C=O) groups excluding carboxylic acids is 4. The number of nitrogens with one attached hydrogen (secondary N) is 4. The van der Waals surface area contributed by atoms with Crippen LogP contribution in [0.15, 0.2) is 0 Å². The van der Waals surface area contributed by atoms with Crippen molar-refractivity contribution in [2.24, 2.45) is 11.8 Å². The van der Waals surface area contributed by atoms with Gasteiger partial charge in [-0.25, -0.2) is 0 Å². The van der Waals surface area contributed by atoms with Crippen LogP contribution in [-0.4, -0.2) is 71.2 Å². The second-order valence-corrected chi connectivity index (χ2v) is 7.23. The van der Waals surface area contributed by atoms with Gasteiger partial charge in [0, 0.05) is 0 Å². The number of hydrogen-bond donors (Lipinski definition) is 6. The van der Waals surface area contributed by atoms with E-state index in [0.717, 1.165) is 0 Å². The monoisotopic (exact) mass is 400 g/mol. The smallest absolute Gasteiger partial charge is 0.245 e. The van der Waals surface area contributed by atoms with E-state index in [-0.39, 0.29) is 11.8 Å². The molecule has 0 saturated carbocycles. The third-order valence-electron chi connectivity index (χ3n) is 5.22. The predicted molar refractivity (Wildman–Crippen MR) is 101 cm³/mol. The third kappa shape index (κ3) is 5.90. The molecule has 160 valence electrons. The van der Waals surface area contributed by atoms with Crippen LogP contribution in [0, 0.1) is 11.8 Å². The summed E-state index contributed by atoms with van der Waals surface area (Å²) >= 11 is 0. The Morgan fingerprint density at radius 2 is 1.00 bits per heavy atom. The van der Waals surface area contributed by atoms with Gasteiger partial charge in [-0.3, -0.25) is 19.2 Å². The number of aliphatic hydroxyl groups is 2. The molecule has 0 aromatic rings. The Hall–Kier alpha value is -2.20. The van der Waals surface area contributed by atoms with Crippen molar-refractivity contribution in [2.75, 3.05) is 13.2 Å². The Bertz CT molecular complexity index is 534. The van der Waals surface area contributed by atoms with Gasteiger partial charge in [-0.1, -0.05) is 40.5 Å². The van der Waals surface area contributed by atoms with Gasteiger partial charge in [-0.05, 0) is 11.8 Å². The highest BCUT2D eigenvalue weighted by Gasteiger charge is 2.36. The van der Waals surface area contributed by atoms with Crippen molar-refractivity contribution in [1.29, 1.82) is 0 Å². The van der Waals surface area contributed by atoms with E-state index in [1.54, 1.807) is 13.8 Å². The molecule has 28 heavy (non-hydrogen) atoms. The van der Waals surface area contributed by atoms with Crippen molar-refractivity contribution in [3.8, 4) is 0 Å². The largest absolute Gasteiger partial charge is 0.394 e.